The first-order valence-electron chi connectivity index (χ1n) is 5.25. The van der Waals surface area contributed by atoms with Crippen LogP contribution in [0.25, 0.3) is 0 Å². The fraction of sp³-hybridized carbons (Fsp3) is 0.545. The van der Waals surface area contributed by atoms with Crippen molar-refractivity contribution in [3.05, 3.63) is 16.6 Å². The summed E-state index contributed by atoms with van der Waals surface area (Å²) in [5.74, 6) is -0.201. The maximum absolute atomic E-state index is 11.9. The molecule has 0 atom stereocenters. The van der Waals surface area contributed by atoms with Gasteiger partial charge in [0.05, 0.1) is 23.8 Å². The molecule has 0 saturated heterocycles. The Labute approximate surface area is 99.3 Å². The lowest BCUT2D eigenvalue weighted by molar-refractivity contribution is -0.128. The van der Waals surface area contributed by atoms with Crippen LogP contribution in [-0.4, -0.2) is 10.9 Å². The highest BCUT2D eigenvalue weighted by atomic mass is 32.1. The second kappa shape index (κ2) is 5.61. The summed E-state index contributed by atoms with van der Waals surface area (Å²) < 4.78 is 0. The highest BCUT2D eigenvalue weighted by Crippen LogP contribution is 2.25. The summed E-state index contributed by atoms with van der Waals surface area (Å²) >= 11 is 1.49. The highest BCUT2D eigenvalue weighted by molar-refractivity contribution is 7.07. The maximum atomic E-state index is 11.9. The van der Waals surface area contributed by atoms with Crippen molar-refractivity contribution in [1.82, 2.24) is 10.3 Å². The van der Waals surface area contributed by atoms with Crippen LogP contribution in [0.3, 0.4) is 0 Å². The van der Waals surface area contributed by atoms with Gasteiger partial charge < -0.3 is 5.32 Å². The van der Waals surface area contributed by atoms with Gasteiger partial charge in [-0.15, -0.1) is 11.3 Å². The minimum absolute atomic E-state index is 0.201. The summed E-state index contributed by atoms with van der Waals surface area (Å²) in [7, 11) is 0. The fourth-order valence-electron chi connectivity index (χ4n) is 1.44. The maximum Gasteiger partial charge on any atom is 0.240 e. The normalized spacial score (nSPS) is 10.8. The Morgan fingerprint density at radius 2 is 2.31 bits per heavy atom. The minimum atomic E-state index is -0.893. The van der Waals surface area contributed by atoms with Gasteiger partial charge in [0.25, 0.3) is 0 Å². The van der Waals surface area contributed by atoms with Gasteiger partial charge in [-0.25, -0.2) is 4.98 Å². The standard InChI is InChI=1S/C11H15N3OS/c1-3-11(4-2,7-12)10(15)13-5-9-6-16-8-14-9/h6,8H,3-5H2,1-2H3,(H,13,15). The molecule has 1 rings (SSSR count). The number of thiazole rings is 1. The van der Waals surface area contributed by atoms with Crippen molar-refractivity contribution < 1.29 is 4.79 Å². The number of aromatic nitrogens is 1. The first kappa shape index (κ1) is 12.7. The van der Waals surface area contributed by atoms with Gasteiger partial charge in [-0.1, -0.05) is 13.8 Å². The molecule has 0 aliphatic rings. The summed E-state index contributed by atoms with van der Waals surface area (Å²) in [6.07, 6.45) is 1.06. The van der Waals surface area contributed by atoms with E-state index in [1.54, 1.807) is 5.51 Å². The molecule has 0 fully saturated rings. The summed E-state index contributed by atoms with van der Waals surface area (Å²) in [6, 6.07) is 2.11. The van der Waals surface area contributed by atoms with Gasteiger partial charge in [0, 0.05) is 5.38 Å². The van der Waals surface area contributed by atoms with E-state index in [0.29, 0.717) is 19.4 Å². The molecule has 0 saturated carbocycles. The number of hydrogen-bond acceptors (Lipinski definition) is 4. The quantitative estimate of drug-likeness (QED) is 0.852. The van der Waals surface area contributed by atoms with E-state index in [2.05, 4.69) is 16.4 Å². The summed E-state index contributed by atoms with van der Waals surface area (Å²) in [5.41, 5.74) is 1.66. The largest absolute Gasteiger partial charge is 0.349 e. The van der Waals surface area contributed by atoms with E-state index in [1.165, 1.54) is 11.3 Å². The lowest BCUT2D eigenvalue weighted by Gasteiger charge is -2.21. The first-order chi connectivity index (χ1) is 7.68. The van der Waals surface area contributed by atoms with Crippen LogP contribution < -0.4 is 5.32 Å². The Bertz CT molecular complexity index is 376. The van der Waals surface area contributed by atoms with E-state index in [1.807, 2.05) is 19.2 Å². The van der Waals surface area contributed by atoms with Gasteiger partial charge in [0.2, 0.25) is 5.91 Å². The van der Waals surface area contributed by atoms with Crippen molar-refractivity contribution in [2.75, 3.05) is 0 Å². The summed E-state index contributed by atoms with van der Waals surface area (Å²) in [4.78, 5) is 16.0. The van der Waals surface area contributed by atoms with Gasteiger partial charge in [-0.3, -0.25) is 4.79 Å². The van der Waals surface area contributed by atoms with E-state index in [0.717, 1.165) is 5.69 Å². The topological polar surface area (TPSA) is 65.8 Å². The zero-order chi connectivity index (χ0) is 12.0. The molecule has 1 N–H and O–H groups in total. The molecule has 4 nitrogen and oxygen atoms in total. The predicted molar refractivity (Wildman–Crippen MR) is 62.6 cm³/mol. The van der Waals surface area contributed by atoms with Crippen LogP contribution in [0.15, 0.2) is 10.9 Å². The summed E-state index contributed by atoms with van der Waals surface area (Å²) in [6.45, 7) is 4.11. The fourth-order valence-corrected chi connectivity index (χ4v) is 2.00. The molecule has 0 spiro atoms. The van der Waals surface area contributed by atoms with Crippen molar-refractivity contribution in [1.29, 1.82) is 5.26 Å². The number of nitrogens with one attached hydrogen (secondary N) is 1. The van der Waals surface area contributed by atoms with E-state index < -0.39 is 5.41 Å². The number of nitrogens with zero attached hydrogens (tertiary/aromatic N) is 2. The highest BCUT2D eigenvalue weighted by Gasteiger charge is 2.34. The van der Waals surface area contributed by atoms with Gasteiger partial charge in [0.15, 0.2) is 0 Å². The third-order valence-electron chi connectivity index (χ3n) is 2.77. The zero-order valence-electron chi connectivity index (χ0n) is 9.49. The number of carbonyl (C=O) groups excluding carboxylic acids is 1. The third kappa shape index (κ3) is 2.58. The molecule has 5 heteroatoms. The van der Waals surface area contributed by atoms with Gasteiger partial charge in [0.1, 0.15) is 5.41 Å². The van der Waals surface area contributed by atoms with Crippen molar-refractivity contribution in [3.8, 4) is 6.07 Å². The molecule has 0 unspecified atom stereocenters. The predicted octanol–water partition coefficient (Wildman–Crippen LogP) is 2.09. The molecular weight excluding hydrogens is 222 g/mol. The molecule has 86 valence electrons. The van der Waals surface area contributed by atoms with Crippen LogP contribution >= 0.6 is 11.3 Å². The van der Waals surface area contributed by atoms with Gasteiger partial charge >= 0.3 is 0 Å². The van der Waals surface area contributed by atoms with Crippen molar-refractivity contribution in [2.45, 2.75) is 33.2 Å². The molecule has 1 heterocycles. The Balaban J connectivity index is 2.61. The molecule has 0 aliphatic heterocycles. The van der Waals surface area contributed by atoms with Crippen LogP contribution in [0.2, 0.25) is 0 Å². The van der Waals surface area contributed by atoms with Crippen LogP contribution in [-0.2, 0) is 11.3 Å². The number of hydrogen-bond donors (Lipinski definition) is 1. The first-order valence-corrected chi connectivity index (χ1v) is 6.19. The molecule has 0 radical (unpaired) electrons. The van der Waals surface area contributed by atoms with Crippen molar-refractivity contribution in [3.63, 3.8) is 0 Å². The lowest BCUT2D eigenvalue weighted by atomic mass is 9.83. The Morgan fingerprint density at radius 1 is 1.62 bits per heavy atom. The molecule has 0 aromatic carbocycles. The van der Waals surface area contributed by atoms with Crippen LogP contribution in [0.1, 0.15) is 32.4 Å². The van der Waals surface area contributed by atoms with E-state index in [-0.39, 0.29) is 5.91 Å². The molecule has 1 aromatic heterocycles. The molecular formula is C11H15N3OS. The molecule has 0 bridgehead atoms. The van der Waals surface area contributed by atoms with E-state index in [9.17, 15) is 4.79 Å². The summed E-state index contributed by atoms with van der Waals surface area (Å²) in [5, 5.41) is 13.7. The Hall–Kier alpha value is -1.41. The zero-order valence-corrected chi connectivity index (χ0v) is 10.3. The van der Waals surface area contributed by atoms with Gasteiger partial charge in [-0.05, 0) is 12.8 Å². The molecule has 1 amide bonds. The van der Waals surface area contributed by atoms with Crippen molar-refractivity contribution >= 4 is 17.2 Å². The third-order valence-corrected chi connectivity index (χ3v) is 3.40. The molecule has 1 aromatic rings. The van der Waals surface area contributed by atoms with E-state index >= 15 is 0 Å². The SMILES string of the molecule is CCC(C#N)(CC)C(=O)NCc1cscn1. The smallest absolute Gasteiger partial charge is 0.240 e. The minimum Gasteiger partial charge on any atom is -0.349 e. The number of carbonyl (C=O) groups is 1. The van der Waals surface area contributed by atoms with Crippen LogP contribution in [0.4, 0.5) is 0 Å². The van der Waals surface area contributed by atoms with Gasteiger partial charge in [-0.2, -0.15) is 5.26 Å². The van der Waals surface area contributed by atoms with Crippen LogP contribution in [0.5, 0.6) is 0 Å². The van der Waals surface area contributed by atoms with E-state index in [4.69, 9.17) is 5.26 Å². The number of amides is 1. The molecule has 0 aliphatic carbocycles. The average molecular weight is 237 g/mol. The Morgan fingerprint density at radius 3 is 2.75 bits per heavy atom. The number of nitriles is 1. The monoisotopic (exact) mass is 237 g/mol. The second-order valence-corrected chi connectivity index (χ2v) is 4.28. The van der Waals surface area contributed by atoms with Crippen molar-refractivity contribution in [2.24, 2.45) is 5.41 Å². The molecule has 16 heavy (non-hydrogen) atoms. The van der Waals surface area contributed by atoms with Crippen LogP contribution in [0, 0.1) is 16.7 Å². The lowest BCUT2D eigenvalue weighted by Crippen LogP contribution is -2.39. The number of rotatable bonds is 5. The average Bonchev–Trinajstić information content (AvgIpc) is 2.82. The Kier molecular flexibility index (Phi) is 4.44. The second-order valence-electron chi connectivity index (χ2n) is 3.56.